The normalized spacial score (nSPS) is 27.3. The summed E-state index contributed by atoms with van der Waals surface area (Å²) >= 11 is 0. The second-order valence-electron chi connectivity index (χ2n) is 10.1. The average Bonchev–Trinajstić information content (AvgIpc) is 2.73. The molecule has 0 aliphatic carbocycles. The van der Waals surface area contributed by atoms with Crippen LogP contribution >= 0.6 is 0 Å². The van der Waals surface area contributed by atoms with E-state index in [2.05, 4.69) is 95.0 Å². The standard InChI is InChI=1S/C28H35NO2/c1-21(2)29(20-22-12-7-6-8-13-22)19-11-17-28(5)18-16-24-26(31-28)23-14-9-10-15-25(23)30-27(24,3)4/h6-10,12-15,21,24,26H,16,18-20H2,1-5H3/p+1/t24-,26+,28-/m1/s1. The Kier molecular flexibility index (Phi) is 6.15. The summed E-state index contributed by atoms with van der Waals surface area (Å²) in [5.41, 5.74) is 1.87. The number of para-hydroxylation sites is 1. The molecule has 0 aromatic heterocycles. The maximum atomic E-state index is 6.74. The molecule has 2 aliphatic rings. The molecule has 1 N–H and O–H groups in total. The van der Waals surface area contributed by atoms with E-state index in [0.29, 0.717) is 12.0 Å². The van der Waals surface area contributed by atoms with E-state index in [4.69, 9.17) is 9.47 Å². The van der Waals surface area contributed by atoms with E-state index < -0.39 is 5.60 Å². The predicted molar refractivity (Wildman–Crippen MR) is 125 cm³/mol. The molecule has 0 saturated carbocycles. The fourth-order valence-corrected chi connectivity index (χ4v) is 4.93. The Morgan fingerprint density at radius 1 is 1.03 bits per heavy atom. The lowest BCUT2D eigenvalue weighted by Crippen LogP contribution is -3.13. The van der Waals surface area contributed by atoms with E-state index in [1.54, 1.807) is 0 Å². The van der Waals surface area contributed by atoms with Crippen LogP contribution in [-0.2, 0) is 11.3 Å². The lowest BCUT2D eigenvalue weighted by atomic mass is 9.73. The van der Waals surface area contributed by atoms with E-state index >= 15 is 0 Å². The van der Waals surface area contributed by atoms with Crippen molar-refractivity contribution in [3.8, 4) is 17.6 Å². The third kappa shape index (κ3) is 4.81. The first-order valence-electron chi connectivity index (χ1n) is 11.6. The van der Waals surface area contributed by atoms with E-state index in [-0.39, 0.29) is 11.7 Å². The van der Waals surface area contributed by atoms with Crippen LogP contribution in [0.25, 0.3) is 0 Å². The minimum absolute atomic E-state index is 0.0332. The van der Waals surface area contributed by atoms with Crippen molar-refractivity contribution in [1.82, 2.24) is 0 Å². The van der Waals surface area contributed by atoms with Gasteiger partial charge >= 0.3 is 0 Å². The molecule has 0 radical (unpaired) electrons. The van der Waals surface area contributed by atoms with Crippen molar-refractivity contribution in [1.29, 1.82) is 0 Å². The molecule has 0 amide bonds. The molecule has 164 valence electrons. The summed E-state index contributed by atoms with van der Waals surface area (Å²) in [5.74, 6) is 8.31. The minimum Gasteiger partial charge on any atom is -0.487 e. The lowest BCUT2D eigenvalue weighted by Gasteiger charge is -2.50. The van der Waals surface area contributed by atoms with E-state index in [0.717, 1.165) is 37.2 Å². The monoisotopic (exact) mass is 418 g/mol. The van der Waals surface area contributed by atoms with Crippen LogP contribution in [0, 0.1) is 17.8 Å². The highest BCUT2D eigenvalue weighted by atomic mass is 16.5. The lowest BCUT2D eigenvalue weighted by molar-refractivity contribution is -0.928. The number of hydrogen-bond acceptors (Lipinski definition) is 2. The van der Waals surface area contributed by atoms with Crippen LogP contribution in [0.1, 0.15) is 64.7 Å². The summed E-state index contributed by atoms with van der Waals surface area (Å²) in [6.07, 6.45) is 2.03. The molecule has 3 nitrogen and oxygen atoms in total. The van der Waals surface area contributed by atoms with Crippen LogP contribution < -0.4 is 9.64 Å². The molecular weight excluding hydrogens is 382 g/mol. The summed E-state index contributed by atoms with van der Waals surface area (Å²) in [5, 5.41) is 0. The molecule has 31 heavy (non-hydrogen) atoms. The first kappa shape index (κ1) is 21.9. The molecule has 2 aliphatic heterocycles. The summed E-state index contributed by atoms with van der Waals surface area (Å²) in [4.78, 5) is 1.48. The molecule has 2 aromatic carbocycles. The maximum Gasteiger partial charge on any atom is 0.139 e. The summed E-state index contributed by atoms with van der Waals surface area (Å²) in [7, 11) is 0. The second kappa shape index (κ2) is 8.69. The van der Waals surface area contributed by atoms with Crippen molar-refractivity contribution in [2.24, 2.45) is 5.92 Å². The Bertz CT molecular complexity index is 956. The highest BCUT2D eigenvalue weighted by Gasteiger charge is 2.49. The highest BCUT2D eigenvalue weighted by Crippen LogP contribution is 2.52. The number of nitrogens with one attached hydrogen (secondary N) is 1. The average molecular weight is 419 g/mol. The van der Waals surface area contributed by atoms with Gasteiger partial charge in [-0.2, -0.15) is 0 Å². The van der Waals surface area contributed by atoms with Gasteiger partial charge in [-0.05, 0) is 59.4 Å². The Balaban J connectivity index is 1.50. The highest BCUT2D eigenvalue weighted by molar-refractivity contribution is 5.39. The number of benzene rings is 2. The van der Waals surface area contributed by atoms with Crippen LogP contribution in [-0.4, -0.2) is 23.8 Å². The largest absolute Gasteiger partial charge is 0.487 e. The third-order valence-corrected chi connectivity index (χ3v) is 6.94. The first-order valence-corrected chi connectivity index (χ1v) is 11.6. The molecule has 2 aromatic rings. The zero-order valence-electron chi connectivity index (χ0n) is 19.6. The van der Waals surface area contributed by atoms with Gasteiger partial charge in [-0.3, -0.25) is 0 Å². The topological polar surface area (TPSA) is 22.9 Å². The molecular formula is C28H36NO2+. The molecule has 0 spiro atoms. The van der Waals surface area contributed by atoms with Gasteiger partial charge in [-0.15, -0.1) is 0 Å². The van der Waals surface area contributed by atoms with Crippen molar-refractivity contribution in [2.75, 3.05) is 6.54 Å². The fraction of sp³-hybridized carbons (Fsp3) is 0.500. The van der Waals surface area contributed by atoms with Gasteiger partial charge in [0.25, 0.3) is 0 Å². The molecule has 1 unspecified atom stereocenters. The van der Waals surface area contributed by atoms with Crippen LogP contribution in [0.4, 0.5) is 0 Å². The Labute approximate surface area is 187 Å². The number of rotatable bonds is 4. The SMILES string of the molecule is CC(C)[NH+](CC#C[C@]1(C)CC[C@@H]2[C@@H](O1)c1ccccc1OC2(C)C)Cc1ccccc1. The molecule has 1 saturated heterocycles. The van der Waals surface area contributed by atoms with Crippen LogP contribution in [0.2, 0.25) is 0 Å². The molecule has 4 rings (SSSR count). The van der Waals surface area contributed by atoms with Crippen molar-refractivity contribution in [2.45, 2.75) is 77.4 Å². The molecule has 0 bridgehead atoms. The Morgan fingerprint density at radius 3 is 2.48 bits per heavy atom. The zero-order chi connectivity index (χ0) is 22.1. The molecule has 3 heteroatoms. The van der Waals surface area contributed by atoms with Crippen LogP contribution in [0.15, 0.2) is 54.6 Å². The van der Waals surface area contributed by atoms with E-state index in [9.17, 15) is 0 Å². The van der Waals surface area contributed by atoms with Gasteiger partial charge < -0.3 is 14.4 Å². The van der Waals surface area contributed by atoms with Gasteiger partial charge in [-0.25, -0.2) is 0 Å². The molecule has 4 atom stereocenters. The van der Waals surface area contributed by atoms with Gasteiger partial charge in [0.1, 0.15) is 30.0 Å². The Morgan fingerprint density at radius 2 is 1.74 bits per heavy atom. The quantitative estimate of drug-likeness (QED) is 0.735. The van der Waals surface area contributed by atoms with Crippen molar-refractivity contribution < 1.29 is 14.4 Å². The van der Waals surface area contributed by atoms with E-state index in [1.807, 2.05) is 6.07 Å². The Hall–Kier alpha value is -2.28. The van der Waals surface area contributed by atoms with Gasteiger partial charge in [0.2, 0.25) is 0 Å². The number of fused-ring (bicyclic) bond motifs is 3. The van der Waals surface area contributed by atoms with E-state index in [1.165, 1.54) is 10.5 Å². The van der Waals surface area contributed by atoms with Gasteiger partial charge in [0, 0.05) is 17.0 Å². The first-order chi connectivity index (χ1) is 14.8. The van der Waals surface area contributed by atoms with Gasteiger partial charge in [0.15, 0.2) is 0 Å². The summed E-state index contributed by atoms with van der Waals surface area (Å²) < 4.78 is 13.1. The predicted octanol–water partition coefficient (Wildman–Crippen LogP) is 4.58. The maximum absolute atomic E-state index is 6.74. The van der Waals surface area contributed by atoms with Crippen molar-refractivity contribution in [3.63, 3.8) is 0 Å². The molecule has 2 heterocycles. The van der Waals surface area contributed by atoms with Gasteiger partial charge in [0.05, 0.1) is 12.1 Å². The van der Waals surface area contributed by atoms with Crippen molar-refractivity contribution in [3.05, 3.63) is 65.7 Å². The summed E-state index contributed by atoms with van der Waals surface area (Å²) in [6.45, 7) is 12.9. The van der Waals surface area contributed by atoms with Crippen LogP contribution in [0.3, 0.4) is 0 Å². The summed E-state index contributed by atoms with van der Waals surface area (Å²) in [6, 6.07) is 19.5. The number of ether oxygens (including phenoxy) is 2. The van der Waals surface area contributed by atoms with Crippen LogP contribution in [0.5, 0.6) is 5.75 Å². The second-order valence-corrected chi connectivity index (χ2v) is 10.1. The zero-order valence-corrected chi connectivity index (χ0v) is 19.6. The minimum atomic E-state index is -0.420. The van der Waals surface area contributed by atoms with Crippen molar-refractivity contribution >= 4 is 0 Å². The number of hydrogen-bond donors (Lipinski definition) is 1. The fourth-order valence-electron chi connectivity index (χ4n) is 4.93. The number of quaternary nitrogens is 1. The third-order valence-electron chi connectivity index (χ3n) is 6.94. The van der Waals surface area contributed by atoms with Gasteiger partial charge in [-0.1, -0.05) is 54.5 Å². The smallest absolute Gasteiger partial charge is 0.139 e. The molecule has 1 fully saturated rings.